The van der Waals surface area contributed by atoms with Crippen molar-refractivity contribution >= 4 is 5.69 Å². The quantitative estimate of drug-likeness (QED) is 0.701. The molecule has 0 aliphatic carbocycles. The number of hydrogen-bond acceptors (Lipinski definition) is 2. The Hall–Kier alpha value is -1.49. The van der Waals surface area contributed by atoms with Crippen LogP contribution in [0.3, 0.4) is 0 Å². The molecule has 0 amide bonds. The Morgan fingerprint density at radius 3 is 2.62 bits per heavy atom. The maximum absolute atomic E-state index is 8.90. The van der Waals surface area contributed by atoms with E-state index in [4.69, 9.17) is 5.26 Å². The van der Waals surface area contributed by atoms with Gasteiger partial charge in [-0.1, -0.05) is 44.7 Å². The van der Waals surface area contributed by atoms with E-state index >= 15 is 0 Å². The van der Waals surface area contributed by atoms with E-state index in [9.17, 15) is 0 Å². The van der Waals surface area contributed by atoms with Gasteiger partial charge < -0.3 is 5.32 Å². The van der Waals surface area contributed by atoms with Crippen molar-refractivity contribution in [3.63, 3.8) is 0 Å². The van der Waals surface area contributed by atoms with Crippen molar-refractivity contribution in [3.8, 4) is 6.07 Å². The van der Waals surface area contributed by atoms with E-state index in [0.29, 0.717) is 0 Å². The van der Waals surface area contributed by atoms with Crippen molar-refractivity contribution in [1.29, 1.82) is 5.26 Å². The van der Waals surface area contributed by atoms with Gasteiger partial charge in [0.25, 0.3) is 0 Å². The normalized spacial score (nSPS) is 9.75. The molecule has 0 atom stereocenters. The van der Waals surface area contributed by atoms with E-state index in [0.717, 1.165) is 17.8 Å². The second-order valence-electron chi connectivity index (χ2n) is 4.00. The molecule has 0 aliphatic rings. The summed E-state index contributed by atoms with van der Waals surface area (Å²) >= 11 is 0. The Morgan fingerprint density at radius 1 is 1.12 bits per heavy atom. The monoisotopic (exact) mass is 216 g/mol. The third-order valence-electron chi connectivity index (χ3n) is 2.64. The zero-order valence-electron chi connectivity index (χ0n) is 10.00. The van der Waals surface area contributed by atoms with Crippen LogP contribution in [0.25, 0.3) is 0 Å². The fourth-order valence-electron chi connectivity index (χ4n) is 1.69. The molecule has 0 unspecified atom stereocenters. The van der Waals surface area contributed by atoms with Crippen LogP contribution in [0, 0.1) is 11.3 Å². The van der Waals surface area contributed by atoms with Gasteiger partial charge in [-0.05, 0) is 18.6 Å². The average molecular weight is 216 g/mol. The molecule has 16 heavy (non-hydrogen) atoms. The predicted molar refractivity (Wildman–Crippen MR) is 68.4 cm³/mol. The van der Waals surface area contributed by atoms with Crippen LogP contribution < -0.4 is 5.32 Å². The molecule has 0 spiro atoms. The number of rotatable bonds is 7. The van der Waals surface area contributed by atoms with Gasteiger partial charge in [0.15, 0.2) is 0 Å². The maximum atomic E-state index is 8.90. The fraction of sp³-hybridized carbons (Fsp3) is 0.500. The number of nitrogens with zero attached hydrogens (tertiary/aromatic N) is 1. The number of para-hydroxylation sites is 1. The summed E-state index contributed by atoms with van der Waals surface area (Å²) in [6.45, 7) is 3.18. The molecule has 0 radical (unpaired) electrons. The Labute approximate surface area is 98.3 Å². The lowest BCUT2D eigenvalue weighted by atomic mass is 10.1. The minimum atomic E-state index is 0.732. The van der Waals surface area contributed by atoms with Crippen molar-refractivity contribution in [2.75, 3.05) is 11.9 Å². The van der Waals surface area contributed by atoms with Gasteiger partial charge in [-0.2, -0.15) is 5.26 Å². The summed E-state index contributed by atoms with van der Waals surface area (Å²) in [5.74, 6) is 0. The molecule has 1 aromatic rings. The molecule has 1 aromatic carbocycles. The summed E-state index contributed by atoms with van der Waals surface area (Å²) < 4.78 is 0. The van der Waals surface area contributed by atoms with Crippen LogP contribution in [0.1, 0.15) is 44.6 Å². The number of nitrogens with one attached hydrogen (secondary N) is 1. The lowest BCUT2D eigenvalue weighted by Crippen LogP contribution is -2.02. The number of benzene rings is 1. The second-order valence-corrected chi connectivity index (χ2v) is 4.00. The summed E-state index contributed by atoms with van der Waals surface area (Å²) in [6, 6.07) is 9.86. The van der Waals surface area contributed by atoms with Crippen LogP contribution >= 0.6 is 0 Å². The topological polar surface area (TPSA) is 35.8 Å². The highest BCUT2D eigenvalue weighted by molar-refractivity contribution is 5.56. The van der Waals surface area contributed by atoms with Crippen LogP contribution in [0.2, 0.25) is 0 Å². The van der Waals surface area contributed by atoms with Crippen LogP contribution in [0.5, 0.6) is 0 Å². The Bertz CT molecular complexity index is 339. The van der Waals surface area contributed by atoms with Crippen molar-refractivity contribution in [3.05, 3.63) is 29.8 Å². The van der Waals surface area contributed by atoms with Crippen molar-refractivity contribution < 1.29 is 0 Å². The Kier molecular flexibility index (Phi) is 6.10. The molecule has 0 saturated heterocycles. The molecule has 0 heterocycles. The van der Waals surface area contributed by atoms with Gasteiger partial charge in [-0.25, -0.2) is 0 Å². The number of hydrogen-bond donors (Lipinski definition) is 1. The van der Waals surface area contributed by atoms with Crippen molar-refractivity contribution in [2.45, 2.75) is 39.0 Å². The first-order valence-electron chi connectivity index (χ1n) is 6.11. The molecule has 1 rings (SSSR count). The minimum absolute atomic E-state index is 0.732. The smallest absolute Gasteiger partial charge is 0.101 e. The molecule has 0 aromatic heterocycles. The molecule has 0 saturated carbocycles. The van der Waals surface area contributed by atoms with Gasteiger partial charge >= 0.3 is 0 Å². The minimum Gasteiger partial charge on any atom is -0.384 e. The van der Waals surface area contributed by atoms with E-state index in [2.05, 4.69) is 18.3 Å². The SMILES string of the molecule is CCCCCCCNc1ccccc1C#N. The maximum Gasteiger partial charge on any atom is 0.101 e. The summed E-state index contributed by atoms with van der Waals surface area (Å²) in [7, 11) is 0. The lowest BCUT2D eigenvalue weighted by molar-refractivity contribution is 0.645. The molecule has 2 nitrogen and oxygen atoms in total. The first-order chi connectivity index (χ1) is 7.88. The molecule has 86 valence electrons. The van der Waals surface area contributed by atoms with E-state index in [1.54, 1.807) is 0 Å². The van der Waals surface area contributed by atoms with Crippen LogP contribution in [0.4, 0.5) is 5.69 Å². The summed E-state index contributed by atoms with van der Waals surface area (Å²) in [5, 5.41) is 12.2. The van der Waals surface area contributed by atoms with Gasteiger partial charge in [-0.15, -0.1) is 0 Å². The highest BCUT2D eigenvalue weighted by Gasteiger charge is 1.98. The lowest BCUT2D eigenvalue weighted by Gasteiger charge is -2.07. The highest BCUT2D eigenvalue weighted by atomic mass is 14.9. The van der Waals surface area contributed by atoms with Crippen molar-refractivity contribution in [1.82, 2.24) is 0 Å². The zero-order valence-corrected chi connectivity index (χ0v) is 10.00. The van der Waals surface area contributed by atoms with Gasteiger partial charge in [0, 0.05) is 6.54 Å². The first-order valence-corrected chi connectivity index (χ1v) is 6.11. The average Bonchev–Trinajstić information content (AvgIpc) is 2.34. The summed E-state index contributed by atoms with van der Waals surface area (Å²) in [4.78, 5) is 0. The van der Waals surface area contributed by atoms with Gasteiger partial charge in [0.2, 0.25) is 0 Å². The van der Waals surface area contributed by atoms with Crippen LogP contribution in [-0.2, 0) is 0 Å². The third kappa shape index (κ3) is 4.35. The molecule has 1 N–H and O–H groups in total. The van der Waals surface area contributed by atoms with E-state index < -0.39 is 0 Å². The van der Waals surface area contributed by atoms with Crippen LogP contribution in [-0.4, -0.2) is 6.54 Å². The van der Waals surface area contributed by atoms with Crippen molar-refractivity contribution in [2.24, 2.45) is 0 Å². The summed E-state index contributed by atoms with van der Waals surface area (Å²) in [6.07, 6.45) is 6.38. The van der Waals surface area contributed by atoms with Gasteiger partial charge in [0.1, 0.15) is 6.07 Å². The van der Waals surface area contributed by atoms with Gasteiger partial charge in [-0.3, -0.25) is 0 Å². The first kappa shape index (κ1) is 12.6. The standard InChI is InChI=1S/C14H20N2/c1-2-3-4-5-8-11-16-14-10-7-6-9-13(14)12-15/h6-7,9-10,16H,2-5,8,11H2,1H3. The largest absolute Gasteiger partial charge is 0.384 e. The molecule has 0 aliphatic heterocycles. The Morgan fingerprint density at radius 2 is 1.88 bits per heavy atom. The third-order valence-corrected chi connectivity index (χ3v) is 2.64. The fourth-order valence-corrected chi connectivity index (χ4v) is 1.69. The van der Waals surface area contributed by atoms with Gasteiger partial charge in [0.05, 0.1) is 11.3 Å². The molecule has 0 fully saturated rings. The Balaban J connectivity index is 2.24. The number of nitriles is 1. The molecule has 0 bridgehead atoms. The molecular formula is C14H20N2. The molecular weight excluding hydrogens is 196 g/mol. The summed E-state index contributed by atoms with van der Waals surface area (Å²) in [5.41, 5.74) is 1.69. The number of unbranched alkanes of at least 4 members (excludes halogenated alkanes) is 4. The second kappa shape index (κ2) is 7.76. The molecule has 2 heteroatoms. The number of anilines is 1. The van der Waals surface area contributed by atoms with E-state index in [1.165, 1.54) is 32.1 Å². The van der Waals surface area contributed by atoms with E-state index in [1.807, 2.05) is 24.3 Å². The predicted octanol–water partition coefficient (Wildman–Crippen LogP) is 3.94. The van der Waals surface area contributed by atoms with Crippen LogP contribution in [0.15, 0.2) is 24.3 Å². The zero-order chi connectivity index (χ0) is 11.6. The van der Waals surface area contributed by atoms with E-state index in [-0.39, 0.29) is 0 Å². The highest BCUT2D eigenvalue weighted by Crippen LogP contribution is 2.13.